The second-order valence-corrected chi connectivity index (χ2v) is 6.96. The van der Waals surface area contributed by atoms with Gasteiger partial charge in [0.05, 0.1) is 11.8 Å². The minimum Gasteiger partial charge on any atom is -0.293 e. The van der Waals surface area contributed by atoms with Gasteiger partial charge in [-0.2, -0.15) is 5.10 Å². The van der Waals surface area contributed by atoms with E-state index in [0.717, 1.165) is 23.1 Å². The lowest BCUT2D eigenvalue weighted by Crippen LogP contribution is -2.56. The van der Waals surface area contributed by atoms with Crippen molar-refractivity contribution in [1.82, 2.24) is 9.91 Å². The summed E-state index contributed by atoms with van der Waals surface area (Å²) in [5, 5.41) is 6.43. The van der Waals surface area contributed by atoms with Gasteiger partial charge in [-0.05, 0) is 37.6 Å². The molecule has 2 unspecified atom stereocenters. The second-order valence-electron chi connectivity index (χ2n) is 6.11. The number of hydrazone groups is 1. The van der Waals surface area contributed by atoms with Gasteiger partial charge in [0.1, 0.15) is 6.04 Å². The molecular formula is C16H18BrN3O. The van der Waals surface area contributed by atoms with Crippen LogP contribution in [0.1, 0.15) is 31.4 Å². The zero-order chi connectivity index (χ0) is 14.6. The summed E-state index contributed by atoms with van der Waals surface area (Å²) in [6, 6.07) is 8.47. The van der Waals surface area contributed by atoms with Gasteiger partial charge >= 0.3 is 0 Å². The molecule has 2 atom stereocenters. The first-order valence-electron chi connectivity index (χ1n) is 7.53. The van der Waals surface area contributed by atoms with Crippen LogP contribution in [0.5, 0.6) is 0 Å². The molecule has 110 valence electrons. The van der Waals surface area contributed by atoms with Gasteiger partial charge in [0, 0.05) is 17.3 Å². The quantitative estimate of drug-likeness (QED) is 0.783. The lowest BCUT2D eigenvalue weighted by atomic mass is 9.78. The van der Waals surface area contributed by atoms with E-state index in [0.29, 0.717) is 5.92 Å². The molecule has 4 aliphatic rings. The highest BCUT2D eigenvalue weighted by Gasteiger charge is 2.50. The van der Waals surface area contributed by atoms with Crippen LogP contribution in [-0.4, -0.2) is 40.7 Å². The monoisotopic (exact) mass is 347 g/mol. The minimum atomic E-state index is 0.0103. The average Bonchev–Trinajstić information content (AvgIpc) is 2.91. The van der Waals surface area contributed by atoms with E-state index in [4.69, 9.17) is 5.10 Å². The van der Waals surface area contributed by atoms with E-state index in [-0.39, 0.29) is 18.0 Å². The number of halogens is 1. The fourth-order valence-corrected chi connectivity index (χ4v) is 4.53. The number of carbonyl (C=O) groups is 1. The highest BCUT2D eigenvalue weighted by Crippen LogP contribution is 2.44. The smallest absolute Gasteiger partial charge is 0.240 e. The molecule has 3 saturated heterocycles. The molecule has 4 aliphatic heterocycles. The molecule has 2 bridgehead atoms. The van der Waals surface area contributed by atoms with Crippen LogP contribution in [-0.2, 0) is 4.79 Å². The maximum absolute atomic E-state index is 12.1. The standard InChI is InChI=1S/C16H18BrN3O/c1-10(21)20-15(12-4-2-3-5-13(12)17)16-14(18-20)11-6-8-19(16)9-7-11/h2-5,11,15-16H,6-9H2,1H3. The van der Waals surface area contributed by atoms with Crippen molar-refractivity contribution in [3.8, 4) is 0 Å². The summed E-state index contributed by atoms with van der Waals surface area (Å²) in [6.45, 7) is 3.87. The molecule has 0 radical (unpaired) electrons. The Hall–Kier alpha value is -1.20. The number of hydrogen-bond acceptors (Lipinski definition) is 3. The van der Waals surface area contributed by atoms with Gasteiger partial charge in [0.15, 0.2) is 0 Å². The number of carbonyl (C=O) groups excluding carboxylic acids is 1. The van der Waals surface area contributed by atoms with Crippen molar-refractivity contribution in [2.45, 2.75) is 31.8 Å². The third-order valence-corrected chi connectivity index (χ3v) is 5.70. The van der Waals surface area contributed by atoms with Crippen molar-refractivity contribution in [3.05, 3.63) is 34.3 Å². The molecule has 0 spiro atoms. The van der Waals surface area contributed by atoms with Gasteiger partial charge in [0.25, 0.3) is 0 Å². The molecule has 3 fully saturated rings. The highest BCUT2D eigenvalue weighted by atomic mass is 79.9. The number of nitrogens with zero attached hydrogens (tertiary/aromatic N) is 3. The number of benzene rings is 1. The Bertz CT molecular complexity index is 622. The van der Waals surface area contributed by atoms with Crippen LogP contribution in [0.2, 0.25) is 0 Å². The predicted octanol–water partition coefficient (Wildman–Crippen LogP) is 2.80. The van der Waals surface area contributed by atoms with E-state index < -0.39 is 0 Å². The molecule has 0 aromatic heterocycles. The normalized spacial score (nSPS) is 33.8. The third-order valence-electron chi connectivity index (χ3n) is 4.98. The molecule has 1 aromatic carbocycles. The summed E-state index contributed by atoms with van der Waals surface area (Å²) >= 11 is 3.65. The van der Waals surface area contributed by atoms with Crippen LogP contribution in [0.25, 0.3) is 0 Å². The van der Waals surface area contributed by atoms with Crippen LogP contribution in [0, 0.1) is 5.92 Å². The van der Waals surface area contributed by atoms with E-state index in [2.05, 4.69) is 26.9 Å². The van der Waals surface area contributed by atoms with Crippen LogP contribution >= 0.6 is 15.9 Å². The van der Waals surface area contributed by atoms with E-state index in [1.165, 1.54) is 18.6 Å². The maximum Gasteiger partial charge on any atom is 0.240 e. The summed E-state index contributed by atoms with van der Waals surface area (Å²) in [5.74, 6) is 0.590. The number of piperidine rings is 3. The SMILES string of the molecule is CC(=O)N1N=C2C3CCN(CC3)C2C1c1ccccc1Br. The molecule has 0 saturated carbocycles. The van der Waals surface area contributed by atoms with Crippen LogP contribution in [0.3, 0.4) is 0 Å². The van der Waals surface area contributed by atoms with Gasteiger partial charge in [0.2, 0.25) is 5.91 Å². The zero-order valence-corrected chi connectivity index (χ0v) is 13.6. The fourth-order valence-electron chi connectivity index (χ4n) is 4.01. The predicted molar refractivity (Wildman–Crippen MR) is 84.9 cm³/mol. The van der Waals surface area contributed by atoms with Gasteiger partial charge < -0.3 is 0 Å². The first-order chi connectivity index (χ1) is 10.2. The first-order valence-corrected chi connectivity index (χ1v) is 8.33. The number of rotatable bonds is 1. The summed E-state index contributed by atoms with van der Waals surface area (Å²) in [6.07, 6.45) is 2.37. The van der Waals surface area contributed by atoms with E-state index >= 15 is 0 Å². The van der Waals surface area contributed by atoms with Crippen molar-refractivity contribution >= 4 is 27.5 Å². The summed E-state index contributed by atoms with van der Waals surface area (Å²) in [4.78, 5) is 14.6. The van der Waals surface area contributed by atoms with Crippen LogP contribution in [0.4, 0.5) is 0 Å². The Balaban J connectivity index is 1.81. The van der Waals surface area contributed by atoms with Gasteiger partial charge in [-0.3, -0.25) is 9.69 Å². The Morgan fingerprint density at radius 3 is 2.62 bits per heavy atom. The average molecular weight is 348 g/mol. The van der Waals surface area contributed by atoms with Crippen molar-refractivity contribution < 1.29 is 4.79 Å². The van der Waals surface area contributed by atoms with E-state index in [1.54, 1.807) is 11.9 Å². The zero-order valence-electron chi connectivity index (χ0n) is 12.0. The Morgan fingerprint density at radius 1 is 1.24 bits per heavy atom. The molecule has 21 heavy (non-hydrogen) atoms. The third kappa shape index (κ3) is 1.98. The molecule has 1 aromatic rings. The molecule has 0 aliphatic carbocycles. The van der Waals surface area contributed by atoms with Crippen LogP contribution < -0.4 is 0 Å². The second kappa shape index (κ2) is 4.92. The number of amides is 1. The Kier molecular flexibility index (Phi) is 3.15. The number of fused-ring (bicyclic) bond motifs is 2. The Morgan fingerprint density at radius 2 is 1.95 bits per heavy atom. The molecule has 4 nitrogen and oxygen atoms in total. The van der Waals surface area contributed by atoms with Crippen molar-refractivity contribution in [2.75, 3.05) is 13.1 Å². The molecule has 1 amide bonds. The van der Waals surface area contributed by atoms with E-state index in [9.17, 15) is 4.79 Å². The molecule has 0 N–H and O–H groups in total. The lowest BCUT2D eigenvalue weighted by Gasteiger charge is -2.46. The van der Waals surface area contributed by atoms with Gasteiger partial charge in [-0.1, -0.05) is 34.1 Å². The Labute approximate surface area is 132 Å². The van der Waals surface area contributed by atoms with Crippen molar-refractivity contribution in [3.63, 3.8) is 0 Å². The highest BCUT2D eigenvalue weighted by molar-refractivity contribution is 9.10. The summed E-state index contributed by atoms with van der Waals surface area (Å²) < 4.78 is 1.06. The summed E-state index contributed by atoms with van der Waals surface area (Å²) in [5.41, 5.74) is 2.38. The van der Waals surface area contributed by atoms with Crippen LogP contribution in [0.15, 0.2) is 33.8 Å². The molecule has 4 heterocycles. The van der Waals surface area contributed by atoms with E-state index in [1.807, 2.05) is 18.2 Å². The van der Waals surface area contributed by atoms with Crippen molar-refractivity contribution in [2.24, 2.45) is 11.0 Å². The van der Waals surface area contributed by atoms with Gasteiger partial charge in [-0.25, -0.2) is 5.01 Å². The first kappa shape index (κ1) is 13.5. The minimum absolute atomic E-state index is 0.0103. The molecular weight excluding hydrogens is 330 g/mol. The summed E-state index contributed by atoms with van der Waals surface area (Å²) in [7, 11) is 0. The fraction of sp³-hybridized carbons (Fsp3) is 0.500. The lowest BCUT2D eigenvalue weighted by molar-refractivity contribution is -0.131. The van der Waals surface area contributed by atoms with Gasteiger partial charge in [-0.15, -0.1) is 0 Å². The molecule has 5 rings (SSSR count). The maximum atomic E-state index is 12.1. The van der Waals surface area contributed by atoms with Crippen molar-refractivity contribution in [1.29, 1.82) is 0 Å². The largest absolute Gasteiger partial charge is 0.293 e. The number of hydrogen-bond donors (Lipinski definition) is 0. The molecule has 5 heteroatoms. The topological polar surface area (TPSA) is 35.9 Å².